The van der Waals surface area contributed by atoms with Crippen molar-refractivity contribution in [1.82, 2.24) is 10.6 Å². The Hall–Kier alpha value is -2.04. The first-order valence-electron chi connectivity index (χ1n) is 18.0. The molecule has 0 saturated carbocycles. The zero-order valence-corrected chi connectivity index (χ0v) is 27.8. The molecule has 0 radical (unpaired) electrons. The van der Waals surface area contributed by atoms with Gasteiger partial charge in [-0.3, -0.25) is 9.59 Å². The first-order chi connectivity index (χ1) is 20.6. The molecule has 0 bridgehead atoms. The fourth-order valence-corrected chi connectivity index (χ4v) is 5.33. The first kappa shape index (κ1) is 38.0. The van der Waals surface area contributed by atoms with Crippen LogP contribution in [0.1, 0.15) is 189 Å². The second-order valence-corrected chi connectivity index (χ2v) is 12.1. The van der Waals surface area contributed by atoms with Gasteiger partial charge < -0.3 is 15.4 Å². The summed E-state index contributed by atoms with van der Waals surface area (Å²) in [6.07, 6.45) is 28.3. The van der Waals surface area contributed by atoms with E-state index in [1.165, 1.54) is 109 Å². The average molecular weight is 587 g/mol. The Morgan fingerprint density at radius 2 is 0.929 bits per heavy atom. The van der Waals surface area contributed by atoms with Gasteiger partial charge in [0.1, 0.15) is 5.75 Å². The molecule has 42 heavy (non-hydrogen) atoms. The van der Waals surface area contributed by atoms with Gasteiger partial charge in [-0.25, -0.2) is 0 Å². The van der Waals surface area contributed by atoms with Gasteiger partial charge in [-0.05, 0) is 37.5 Å². The summed E-state index contributed by atoms with van der Waals surface area (Å²) in [4.78, 5) is 25.9. The quantitative estimate of drug-likeness (QED) is 0.0918. The molecule has 0 aromatic heterocycles. The molecule has 242 valence electrons. The molecule has 1 aromatic rings. The Balaban J connectivity index is 2.55. The molecule has 5 nitrogen and oxygen atoms in total. The van der Waals surface area contributed by atoms with Gasteiger partial charge in [-0.2, -0.15) is 0 Å². The van der Waals surface area contributed by atoms with Crippen LogP contribution in [0.25, 0.3) is 0 Å². The molecule has 0 spiro atoms. The highest BCUT2D eigenvalue weighted by Gasteiger charge is 2.16. The van der Waals surface area contributed by atoms with Gasteiger partial charge in [0, 0.05) is 18.7 Å². The average Bonchev–Trinajstić information content (AvgIpc) is 3.00. The van der Waals surface area contributed by atoms with Crippen LogP contribution in [-0.2, 0) is 0 Å². The summed E-state index contributed by atoms with van der Waals surface area (Å²) in [5.74, 6) is 0.317. The lowest BCUT2D eigenvalue weighted by Crippen LogP contribution is -2.26. The fraction of sp³-hybridized carbons (Fsp3) is 0.784. The van der Waals surface area contributed by atoms with E-state index in [0.717, 1.165) is 38.5 Å². The van der Waals surface area contributed by atoms with E-state index in [0.29, 0.717) is 36.6 Å². The van der Waals surface area contributed by atoms with Crippen molar-refractivity contribution in [2.24, 2.45) is 0 Å². The van der Waals surface area contributed by atoms with E-state index in [1.807, 2.05) is 0 Å². The Labute approximate surface area is 259 Å². The molecule has 5 heteroatoms. The molecular formula is C37H66N2O3. The van der Waals surface area contributed by atoms with Crippen LogP contribution in [0.3, 0.4) is 0 Å². The summed E-state index contributed by atoms with van der Waals surface area (Å²) < 4.78 is 6.13. The van der Waals surface area contributed by atoms with E-state index in [4.69, 9.17) is 4.74 Å². The number of nitrogens with one attached hydrogen (secondary N) is 2. The van der Waals surface area contributed by atoms with Gasteiger partial charge in [-0.15, -0.1) is 0 Å². The first-order valence-corrected chi connectivity index (χ1v) is 18.0. The summed E-state index contributed by atoms with van der Waals surface area (Å²) in [7, 11) is 0. The zero-order chi connectivity index (χ0) is 30.5. The highest BCUT2D eigenvalue weighted by atomic mass is 16.5. The summed E-state index contributed by atoms with van der Waals surface area (Å²) in [6, 6.07) is 5.28. The normalized spacial score (nSPS) is 11.0. The number of carbonyl (C=O) groups excluding carboxylic acids is 2. The van der Waals surface area contributed by atoms with Crippen LogP contribution < -0.4 is 15.4 Å². The van der Waals surface area contributed by atoms with Crippen molar-refractivity contribution in [2.75, 3.05) is 19.7 Å². The lowest BCUT2D eigenvalue weighted by molar-refractivity contribution is 0.0937. The lowest BCUT2D eigenvalue weighted by Gasteiger charge is -2.14. The molecule has 1 aromatic carbocycles. The topological polar surface area (TPSA) is 67.4 Å². The van der Waals surface area contributed by atoms with Gasteiger partial charge in [0.05, 0.1) is 12.2 Å². The highest BCUT2D eigenvalue weighted by Crippen LogP contribution is 2.22. The van der Waals surface area contributed by atoms with Crippen molar-refractivity contribution in [2.45, 2.75) is 168 Å². The third-order valence-corrected chi connectivity index (χ3v) is 8.13. The standard InChI is InChI=1S/C37H66N2O3/c1-4-7-10-13-16-18-21-24-29-38-36(40)33-27-28-34(35(32-33)42-31-26-23-20-15-12-9-6-3)37(41)39-30-25-22-19-17-14-11-8-5-2/h27-28,32H,4-26,29-31H2,1-3H3,(H,38,40)(H,39,41). The Morgan fingerprint density at radius 1 is 0.524 bits per heavy atom. The minimum absolute atomic E-state index is 0.0929. The van der Waals surface area contributed by atoms with Gasteiger partial charge in [0.15, 0.2) is 0 Å². The largest absolute Gasteiger partial charge is 0.493 e. The molecule has 2 N–H and O–H groups in total. The third kappa shape index (κ3) is 20.0. The molecule has 0 aliphatic rings. The number of hydrogen-bond donors (Lipinski definition) is 2. The van der Waals surface area contributed by atoms with E-state index in [-0.39, 0.29) is 11.8 Å². The maximum atomic E-state index is 13.1. The number of rotatable bonds is 29. The molecule has 0 heterocycles. The van der Waals surface area contributed by atoms with Crippen LogP contribution in [0, 0.1) is 0 Å². The number of amides is 2. The van der Waals surface area contributed by atoms with Crippen LogP contribution >= 0.6 is 0 Å². The maximum Gasteiger partial charge on any atom is 0.255 e. The van der Waals surface area contributed by atoms with Crippen LogP contribution in [0.2, 0.25) is 0 Å². The van der Waals surface area contributed by atoms with E-state index in [9.17, 15) is 9.59 Å². The van der Waals surface area contributed by atoms with Crippen molar-refractivity contribution in [3.8, 4) is 5.75 Å². The molecule has 0 saturated heterocycles. The van der Waals surface area contributed by atoms with Crippen molar-refractivity contribution in [1.29, 1.82) is 0 Å². The zero-order valence-electron chi connectivity index (χ0n) is 27.8. The maximum absolute atomic E-state index is 13.1. The lowest BCUT2D eigenvalue weighted by atomic mass is 10.1. The highest BCUT2D eigenvalue weighted by molar-refractivity contribution is 6.00. The van der Waals surface area contributed by atoms with Crippen LogP contribution in [0.4, 0.5) is 0 Å². The van der Waals surface area contributed by atoms with Crippen LogP contribution in [0.5, 0.6) is 5.75 Å². The second-order valence-electron chi connectivity index (χ2n) is 12.1. The van der Waals surface area contributed by atoms with E-state index >= 15 is 0 Å². The van der Waals surface area contributed by atoms with Crippen molar-refractivity contribution >= 4 is 11.8 Å². The molecule has 0 aliphatic carbocycles. The van der Waals surface area contributed by atoms with Gasteiger partial charge in [-0.1, -0.05) is 149 Å². The number of hydrogen-bond acceptors (Lipinski definition) is 3. The number of benzene rings is 1. The molecule has 2 amide bonds. The Bertz CT molecular complexity index is 795. The minimum atomic E-state index is -0.113. The molecule has 0 atom stereocenters. The smallest absolute Gasteiger partial charge is 0.255 e. The number of carbonyl (C=O) groups is 2. The molecule has 0 fully saturated rings. The Kier molecular flexibility index (Phi) is 25.1. The summed E-state index contributed by atoms with van der Waals surface area (Å²) in [5.41, 5.74) is 1.08. The van der Waals surface area contributed by atoms with E-state index in [1.54, 1.807) is 18.2 Å². The van der Waals surface area contributed by atoms with Gasteiger partial charge in [0.25, 0.3) is 11.8 Å². The molecular weight excluding hydrogens is 520 g/mol. The van der Waals surface area contributed by atoms with Crippen molar-refractivity contribution in [3.63, 3.8) is 0 Å². The fourth-order valence-electron chi connectivity index (χ4n) is 5.33. The second kappa shape index (κ2) is 27.8. The van der Waals surface area contributed by atoms with Gasteiger partial charge in [0.2, 0.25) is 0 Å². The minimum Gasteiger partial charge on any atom is -0.493 e. The van der Waals surface area contributed by atoms with Crippen LogP contribution in [-0.4, -0.2) is 31.5 Å². The predicted octanol–water partition coefficient (Wildman–Crippen LogP) is 10.6. The van der Waals surface area contributed by atoms with E-state index in [2.05, 4.69) is 31.4 Å². The number of ether oxygens (including phenoxy) is 1. The molecule has 1 rings (SSSR count). The molecule has 0 aliphatic heterocycles. The van der Waals surface area contributed by atoms with Crippen molar-refractivity contribution in [3.05, 3.63) is 29.3 Å². The number of unbranched alkanes of at least 4 members (excludes halogenated alkanes) is 20. The van der Waals surface area contributed by atoms with E-state index < -0.39 is 0 Å². The monoisotopic (exact) mass is 587 g/mol. The van der Waals surface area contributed by atoms with Crippen LogP contribution in [0.15, 0.2) is 18.2 Å². The summed E-state index contributed by atoms with van der Waals surface area (Å²) in [6.45, 7) is 8.65. The van der Waals surface area contributed by atoms with Crippen molar-refractivity contribution < 1.29 is 14.3 Å². The summed E-state index contributed by atoms with van der Waals surface area (Å²) >= 11 is 0. The summed E-state index contributed by atoms with van der Waals surface area (Å²) in [5, 5.41) is 6.14. The molecule has 0 unspecified atom stereocenters. The predicted molar refractivity (Wildman–Crippen MR) is 180 cm³/mol. The Morgan fingerprint density at radius 3 is 1.40 bits per heavy atom. The van der Waals surface area contributed by atoms with Gasteiger partial charge >= 0.3 is 0 Å². The third-order valence-electron chi connectivity index (χ3n) is 8.13. The SMILES string of the molecule is CCCCCCCCCCNC(=O)c1ccc(C(=O)NCCCCCCCCCC)c(OCCCCCCCCC)c1.